The summed E-state index contributed by atoms with van der Waals surface area (Å²) < 4.78 is 15.9. The zero-order chi connectivity index (χ0) is 15.9. The minimum absolute atomic E-state index is 0.0560. The Labute approximate surface area is 134 Å². The molecule has 2 aromatic carbocycles. The molecule has 0 aliphatic rings. The summed E-state index contributed by atoms with van der Waals surface area (Å²) in [5, 5.41) is 0.0560. The summed E-state index contributed by atoms with van der Waals surface area (Å²) >= 11 is 1.22. The largest absolute Gasteiger partial charge is 0.493 e. The van der Waals surface area contributed by atoms with Crippen LogP contribution in [-0.2, 0) is 11.2 Å². The van der Waals surface area contributed by atoms with Gasteiger partial charge in [-0.2, -0.15) is 0 Å². The SMILES string of the molecule is COc1cc(CC(=O)Sc2ccccc2)cc(OC)c1OC. The molecule has 0 spiro atoms. The lowest BCUT2D eigenvalue weighted by Gasteiger charge is -2.13. The van der Waals surface area contributed by atoms with Gasteiger partial charge in [0.05, 0.1) is 21.3 Å². The van der Waals surface area contributed by atoms with Gasteiger partial charge in [0.15, 0.2) is 16.6 Å². The third kappa shape index (κ3) is 3.95. The average Bonchev–Trinajstić information content (AvgIpc) is 2.54. The van der Waals surface area contributed by atoms with Gasteiger partial charge >= 0.3 is 0 Å². The quantitative estimate of drug-likeness (QED) is 0.762. The van der Waals surface area contributed by atoms with E-state index in [4.69, 9.17) is 14.2 Å². The Balaban J connectivity index is 2.17. The molecule has 22 heavy (non-hydrogen) atoms. The molecule has 0 saturated heterocycles. The van der Waals surface area contributed by atoms with E-state index in [0.29, 0.717) is 17.2 Å². The molecular weight excluding hydrogens is 300 g/mol. The Hall–Kier alpha value is -2.14. The molecule has 0 unspecified atom stereocenters. The molecule has 0 N–H and O–H groups in total. The number of thioether (sulfide) groups is 1. The highest BCUT2D eigenvalue weighted by molar-refractivity contribution is 8.13. The maximum Gasteiger partial charge on any atom is 0.203 e. The monoisotopic (exact) mass is 318 g/mol. The fourth-order valence-corrected chi connectivity index (χ4v) is 2.86. The summed E-state index contributed by atoms with van der Waals surface area (Å²) in [4.78, 5) is 13.1. The number of benzene rings is 2. The Morgan fingerprint density at radius 2 is 1.55 bits per heavy atom. The van der Waals surface area contributed by atoms with E-state index in [1.807, 2.05) is 30.3 Å². The summed E-state index contributed by atoms with van der Waals surface area (Å²) in [6.07, 6.45) is 0.288. The van der Waals surface area contributed by atoms with Crippen molar-refractivity contribution in [2.24, 2.45) is 0 Å². The van der Waals surface area contributed by atoms with Crippen molar-refractivity contribution in [3.8, 4) is 17.2 Å². The van der Waals surface area contributed by atoms with Crippen LogP contribution >= 0.6 is 11.8 Å². The third-order valence-corrected chi connectivity index (χ3v) is 3.93. The molecule has 0 aliphatic heterocycles. The molecule has 0 atom stereocenters. The van der Waals surface area contributed by atoms with Gasteiger partial charge in [-0.25, -0.2) is 0 Å². The Kier molecular flexibility index (Phi) is 5.72. The lowest BCUT2D eigenvalue weighted by molar-refractivity contribution is -0.110. The fraction of sp³-hybridized carbons (Fsp3) is 0.235. The van der Waals surface area contributed by atoms with Gasteiger partial charge in [-0.1, -0.05) is 30.0 Å². The molecule has 0 bridgehead atoms. The summed E-state index contributed by atoms with van der Waals surface area (Å²) in [6.45, 7) is 0. The molecule has 0 aliphatic carbocycles. The highest BCUT2D eigenvalue weighted by Gasteiger charge is 2.15. The van der Waals surface area contributed by atoms with Crippen molar-refractivity contribution in [3.05, 3.63) is 48.0 Å². The molecule has 2 aromatic rings. The first-order valence-corrected chi connectivity index (χ1v) is 7.54. The van der Waals surface area contributed by atoms with Crippen LogP contribution in [0.25, 0.3) is 0 Å². The third-order valence-electron chi connectivity index (χ3n) is 3.05. The van der Waals surface area contributed by atoms with E-state index in [9.17, 15) is 4.79 Å². The van der Waals surface area contributed by atoms with Crippen LogP contribution in [0.5, 0.6) is 17.2 Å². The van der Waals surface area contributed by atoms with E-state index in [0.717, 1.165) is 10.5 Å². The van der Waals surface area contributed by atoms with E-state index < -0.39 is 0 Å². The molecular formula is C17H18O4S. The summed E-state index contributed by atoms with van der Waals surface area (Å²) in [6, 6.07) is 13.2. The lowest BCUT2D eigenvalue weighted by atomic mass is 10.1. The average molecular weight is 318 g/mol. The van der Waals surface area contributed by atoms with Crippen molar-refractivity contribution in [2.75, 3.05) is 21.3 Å². The van der Waals surface area contributed by atoms with Crippen molar-refractivity contribution in [1.82, 2.24) is 0 Å². The van der Waals surface area contributed by atoms with Crippen molar-refractivity contribution >= 4 is 16.9 Å². The molecule has 0 fully saturated rings. The van der Waals surface area contributed by atoms with Crippen LogP contribution < -0.4 is 14.2 Å². The Bertz CT molecular complexity index is 615. The van der Waals surface area contributed by atoms with Crippen LogP contribution in [-0.4, -0.2) is 26.4 Å². The zero-order valence-electron chi connectivity index (χ0n) is 12.8. The predicted molar refractivity (Wildman–Crippen MR) is 87.1 cm³/mol. The van der Waals surface area contributed by atoms with Crippen molar-refractivity contribution < 1.29 is 19.0 Å². The molecule has 4 nitrogen and oxygen atoms in total. The number of rotatable bonds is 6. The second-order valence-corrected chi connectivity index (χ2v) is 5.63. The topological polar surface area (TPSA) is 44.8 Å². The smallest absolute Gasteiger partial charge is 0.203 e. The maximum absolute atomic E-state index is 12.2. The zero-order valence-corrected chi connectivity index (χ0v) is 13.6. The fourth-order valence-electron chi connectivity index (χ4n) is 2.06. The van der Waals surface area contributed by atoms with Gasteiger partial charge in [0, 0.05) is 11.3 Å². The van der Waals surface area contributed by atoms with Crippen LogP contribution in [0.4, 0.5) is 0 Å². The predicted octanol–water partition coefficient (Wildman–Crippen LogP) is 3.57. The van der Waals surface area contributed by atoms with Crippen molar-refractivity contribution in [1.29, 1.82) is 0 Å². The lowest BCUT2D eigenvalue weighted by Crippen LogP contribution is -2.01. The van der Waals surface area contributed by atoms with Gasteiger partial charge in [0.2, 0.25) is 5.75 Å². The normalized spacial score (nSPS) is 10.1. The molecule has 0 radical (unpaired) electrons. The van der Waals surface area contributed by atoms with E-state index in [1.165, 1.54) is 11.8 Å². The van der Waals surface area contributed by atoms with Gasteiger partial charge in [0.1, 0.15) is 0 Å². The number of carbonyl (C=O) groups excluding carboxylic acids is 1. The first-order chi connectivity index (χ1) is 10.7. The van der Waals surface area contributed by atoms with E-state index in [1.54, 1.807) is 33.5 Å². The summed E-state index contributed by atoms with van der Waals surface area (Å²) in [7, 11) is 4.67. The van der Waals surface area contributed by atoms with Crippen LogP contribution in [0, 0.1) is 0 Å². The van der Waals surface area contributed by atoms with Crippen LogP contribution in [0.3, 0.4) is 0 Å². The molecule has 116 valence electrons. The highest BCUT2D eigenvalue weighted by atomic mass is 32.2. The number of hydrogen-bond acceptors (Lipinski definition) is 5. The second kappa shape index (κ2) is 7.75. The van der Waals surface area contributed by atoms with Crippen molar-refractivity contribution in [2.45, 2.75) is 11.3 Å². The van der Waals surface area contributed by atoms with Gasteiger partial charge in [-0.3, -0.25) is 4.79 Å². The maximum atomic E-state index is 12.2. The Morgan fingerprint density at radius 1 is 0.955 bits per heavy atom. The number of hydrogen-bond donors (Lipinski definition) is 0. The molecule has 0 saturated carbocycles. The van der Waals surface area contributed by atoms with Crippen LogP contribution in [0.15, 0.2) is 47.4 Å². The van der Waals surface area contributed by atoms with E-state index >= 15 is 0 Å². The molecule has 5 heteroatoms. The minimum Gasteiger partial charge on any atom is -0.493 e. The summed E-state index contributed by atoms with van der Waals surface area (Å²) in [5.41, 5.74) is 0.822. The first-order valence-electron chi connectivity index (χ1n) is 6.72. The van der Waals surface area contributed by atoms with Gasteiger partial charge in [-0.15, -0.1) is 0 Å². The number of ether oxygens (including phenoxy) is 3. The summed E-state index contributed by atoms with van der Waals surface area (Å²) in [5.74, 6) is 1.63. The van der Waals surface area contributed by atoms with Gasteiger partial charge < -0.3 is 14.2 Å². The van der Waals surface area contributed by atoms with Gasteiger partial charge in [0.25, 0.3) is 0 Å². The second-order valence-electron chi connectivity index (χ2n) is 4.50. The molecule has 0 aromatic heterocycles. The molecule has 0 amide bonds. The molecule has 2 rings (SSSR count). The van der Waals surface area contributed by atoms with Crippen molar-refractivity contribution in [3.63, 3.8) is 0 Å². The van der Waals surface area contributed by atoms with Gasteiger partial charge in [-0.05, 0) is 29.8 Å². The standard InChI is InChI=1S/C17H18O4S/c1-19-14-9-12(10-15(20-2)17(14)21-3)11-16(18)22-13-7-5-4-6-8-13/h4-10H,11H2,1-3H3. The van der Waals surface area contributed by atoms with Crippen LogP contribution in [0.1, 0.15) is 5.56 Å². The van der Waals surface area contributed by atoms with E-state index in [-0.39, 0.29) is 11.5 Å². The van der Waals surface area contributed by atoms with E-state index in [2.05, 4.69) is 0 Å². The Morgan fingerprint density at radius 3 is 2.05 bits per heavy atom. The first kappa shape index (κ1) is 16.2. The highest BCUT2D eigenvalue weighted by Crippen LogP contribution is 2.38. The molecule has 0 heterocycles. The number of methoxy groups -OCH3 is 3. The number of carbonyl (C=O) groups is 1. The van der Waals surface area contributed by atoms with Crippen LogP contribution in [0.2, 0.25) is 0 Å². The minimum atomic E-state index is 0.0560.